The first-order valence-corrected chi connectivity index (χ1v) is 7.78. The van der Waals surface area contributed by atoms with Crippen LogP contribution in [0.3, 0.4) is 0 Å². The number of rotatable bonds is 5. The first-order valence-electron chi connectivity index (χ1n) is 6.46. The maximum absolute atomic E-state index is 12.2. The third-order valence-corrected chi connectivity index (χ3v) is 3.84. The Hall–Kier alpha value is -1.69. The van der Waals surface area contributed by atoms with Gasteiger partial charge in [-0.1, -0.05) is 6.92 Å². The minimum absolute atomic E-state index is 0.0187. The number of carbonyl (C=O) groups excluding carboxylic acids is 2. The maximum atomic E-state index is 12.2. The highest BCUT2D eigenvalue weighted by atomic mass is 32.2. The van der Waals surface area contributed by atoms with Gasteiger partial charge in [0.2, 0.25) is 5.91 Å². The molecular formula is C14H20N2O3S. The van der Waals surface area contributed by atoms with Crippen molar-refractivity contribution in [3.8, 4) is 0 Å². The normalized spacial score (nSPS) is 12.1. The first-order chi connectivity index (χ1) is 9.35. The molecule has 1 rings (SSSR count). The number of hydrogen-bond donors (Lipinski definition) is 2. The quantitative estimate of drug-likeness (QED) is 0.871. The van der Waals surface area contributed by atoms with Crippen LogP contribution in [0, 0.1) is 0 Å². The number of carbonyl (C=O) groups is 2. The van der Waals surface area contributed by atoms with Crippen molar-refractivity contribution >= 4 is 28.3 Å². The third kappa shape index (κ3) is 4.45. The zero-order chi connectivity index (χ0) is 15.3. The van der Waals surface area contributed by atoms with Crippen molar-refractivity contribution in [2.45, 2.75) is 38.6 Å². The molecule has 0 radical (unpaired) electrons. The molecule has 0 aromatic heterocycles. The zero-order valence-electron chi connectivity index (χ0n) is 12.1. The lowest BCUT2D eigenvalue weighted by Gasteiger charge is -2.13. The Kier molecular flexibility index (Phi) is 5.88. The fraction of sp³-hybridized carbons (Fsp3) is 0.429. The molecule has 110 valence electrons. The van der Waals surface area contributed by atoms with E-state index in [9.17, 15) is 13.8 Å². The molecule has 0 heterocycles. The van der Waals surface area contributed by atoms with Crippen LogP contribution in [0.1, 0.15) is 38.1 Å². The molecule has 0 fully saturated rings. The summed E-state index contributed by atoms with van der Waals surface area (Å²) in [6.07, 6.45) is 0. The van der Waals surface area contributed by atoms with Crippen LogP contribution < -0.4 is 10.6 Å². The molecule has 0 bridgehead atoms. The SMILES string of the molecule is CCS(=O)c1ccc(NC(C)=O)cc1C(=O)NC(C)C. The predicted molar refractivity (Wildman–Crippen MR) is 80.3 cm³/mol. The van der Waals surface area contributed by atoms with E-state index in [0.29, 0.717) is 21.9 Å². The zero-order valence-corrected chi connectivity index (χ0v) is 13.0. The molecule has 1 atom stereocenters. The average Bonchev–Trinajstić information content (AvgIpc) is 2.36. The number of nitrogens with one attached hydrogen (secondary N) is 2. The van der Waals surface area contributed by atoms with E-state index in [-0.39, 0.29) is 17.9 Å². The highest BCUT2D eigenvalue weighted by molar-refractivity contribution is 7.85. The Morgan fingerprint density at radius 3 is 2.45 bits per heavy atom. The molecule has 0 saturated carbocycles. The second-order valence-corrected chi connectivity index (χ2v) is 6.36. The van der Waals surface area contributed by atoms with Crippen molar-refractivity contribution in [2.75, 3.05) is 11.1 Å². The highest BCUT2D eigenvalue weighted by Gasteiger charge is 2.17. The van der Waals surface area contributed by atoms with Gasteiger partial charge < -0.3 is 10.6 Å². The molecule has 0 aliphatic carbocycles. The Morgan fingerprint density at radius 1 is 1.30 bits per heavy atom. The standard InChI is InChI=1S/C14H20N2O3S/c1-5-20(19)13-7-6-11(16-10(4)17)8-12(13)14(18)15-9(2)3/h6-9H,5H2,1-4H3,(H,15,18)(H,16,17). The molecule has 2 N–H and O–H groups in total. The van der Waals surface area contributed by atoms with E-state index in [4.69, 9.17) is 0 Å². The number of anilines is 1. The van der Waals surface area contributed by atoms with Crippen LogP contribution in [0.2, 0.25) is 0 Å². The number of amides is 2. The molecular weight excluding hydrogens is 276 g/mol. The van der Waals surface area contributed by atoms with Crippen molar-refractivity contribution in [1.29, 1.82) is 0 Å². The van der Waals surface area contributed by atoms with Crippen LogP contribution in [0.25, 0.3) is 0 Å². The largest absolute Gasteiger partial charge is 0.350 e. The van der Waals surface area contributed by atoms with Gasteiger partial charge >= 0.3 is 0 Å². The lowest BCUT2D eigenvalue weighted by Crippen LogP contribution is -2.31. The molecule has 0 spiro atoms. The maximum Gasteiger partial charge on any atom is 0.252 e. The van der Waals surface area contributed by atoms with E-state index in [0.717, 1.165) is 0 Å². The van der Waals surface area contributed by atoms with Crippen molar-refractivity contribution in [3.05, 3.63) is 23.8 Å². The monoisotopic (exact) mass is 296 g/mol. The van der Waals surface area contributed by atoms with Gasteiger partial charge in [0.25, 0.3) is 5.91 Å². The van der Waals surface area contributed by atoms with Crippen molar-refractivity contribution in [2.24, 2.45) is 0 Å². The molecule has 5 nitrogen and oxygen atoms in total. The van der Waals surface area contributed by atoms with Gasteiger partial charge in [0.15, 0.2) is 0 Å². The summed E-state index contributed by atoms with van der Waals surface area (Å²) in [5.74, 6) is -0.0740. The van der Waals surface area contributed by atoms with Gasteiger partial charge in [0.05, 0.1) is 21.3 Å². The molecule has 2 amide bonds. The van der Waals surface area contributed by atoms with Gasteiger partial charge in [-0.05, 0) is 32.0 Å². The van der Waals surface area contributed by atoms with Gasteiger partial charge in [0, 0.05) is 24.4 Å². The average molecular weight is 296 g/mol. The summed E-state index contributed by atoms with van der Waals surface area (Å²) in [5.41, 5.74) is 0.855. The molecule has 6 heteroatoms. The summed E-state index contributed by atoms with van der Waals surface area (Å²) < 4.78 is 12.0. The fourth-order valence-corrected chi connectivity index (χ4v) is 2.61. The van der Waals surface area contributed by atoms with Crippen LogP contribution in [-0.2, 0) is 15.6 Å². The third-order valence-electron chi connectivity index (χ3n) is 2.47. The van der Waals surface area contributed by atoms with Crippen LogP contribution >= 0.6 is 0 Å². The number of hydrogen-bond acceptors (Lipinski definition) is 3. The van der Waals surface area contributed by atoms with Crippen molar-refractivity contribution in [3.63, 3.8) is 0 Å². The van der Waals surface area contributed by atoms with Crippen molar-refractivity contribution < 1.29 is 13.8 Å². The molecule has 1 aromatic carbocycles. The van der Waals surface area contributed by atoms with E-state index < -0.39 is 10.8 Å². The molecule has 0 aliphatic rings. The minimum Gasteiger partial charge on any atom is -0.350 e. The van der Waals surface area contributed by atoms with Crippen LogP contribution in [-0.4, -0.2) is 27.8 Å². The highest BCUT2D eigenvalue weighted by Crippen LogP contribution is 2.20. The van der Waals surface area contributed by atoms with Gasteiger partial charge in [0.1, 0.15) is 0 Å². The van der Waals surface area contributed by atoms with Gasteiger partial charge in [-0.25, -0.2) is 0 Å². The lowest BCUT2D eigenvalue weighted by molar-refractivity contribution is -0.114. The summed E-state index contributed by atoms with van der Waals surface area (Å²) >= 11 is 0. The summed E-state index contributed by atoms with van der Waals surface area (Å²) in [4.78, 5) is 23.7. The summed E-state index contributed by atoms with van der Waals surface area (Å²) in [6, 6.07) is 4.81. The molecule has 20 heavy (non-hydrogen) atoms. The Bertz CT molecular complexity index is 541. The molecule has 0 aliphatic heterocycles. The molecule has 0 saturated heterocycles. The Labute approximate surface area is 121 Å². The molecule has 1 aromatic rings. The van der Waals surface area contributed by atoms with Gasteiger partial charge in [-0.15, -0.1) is 0 Å². The second-order valence-electron chi connectivity index (χ2n) is 4.65. The predicted octanol–water partition coefficient (Wildman–Crippen LogP) is 1.91. The van der Waals surface area contributed by atoms with Crippen molar-refractivity contribution in [1.82, 2.24) is 5.32 Å². The van der Waals surface area contributed by atoms with Gasteiger partial charge in [-0.2, -0.15) is 0 Å². The van der Waals surface area contributed by atoms with Gasteiger partial charge in [-0.3, -0.25) is 13.8 Å². The smallest absolute Gasteiger partial charge is 0.252 e. The van der Waals surface area contributed by atoms with E-state index in [1.54, 1.807) is 25.1 Å². The number of benzene rings is 1. The Morgan fingerprint density at radius 2 is 1.95 bits per heavy atom. The van der Waals surface area contributed by atoms with E-state index >= 15 is 0 Å². The fourth-order valence-electron chi connectivity index (χ4n) is 1.68. The van der Waals surface area contributed by atoms with Crippen LogP contribution in [0.5, 0.6) is 0 Å². The van der Waals surface area contributed by atoms with E-state index in [1.807, 2.05) is 13.8 Å². The summed E-state index contributed by atoms with van der Waals surface area (Å²) in [7, 11) is -1.23. The topological polar surface area (TPSA) is 75.3 Å². The first kappa shape index (κ1) is 16.4. The summed E-state index contributed by atoms with van der Waals surface area (Å²) in [6.45, 7) is 6.89. The van der Waals surface area contributed by atoms with E-state index in [1.165, 1.54) is 6.92 Å². The lowest BCUT2D eigenvalue weighted by atomic mass is 10.1. The minimum atomic E-state index is -1.23. The Balaban J connectivity index is 3.22. The van der Waals surface area contributed by atoms with Crippen LogP contribution in [0.4, 0.5) is 5.69 Å². The second kappa shape index (κ2) is 7.19. The summed E-state index contributed by atoms with van der Waals surface area (Å²) in [5, 5.41) is 5.39. The van der Waals surface area contributed by atoms with Crippen LogP contribution in [0.15, 0.2) is 23.1 Å². The van der Waals surface area contributed by atoms with E-state index in [2.05, 4.69) is 10.6 Å². The molecule has 1 unspecified atom stereocenters.